The van der Waals surface area contributed by atoms with E-state index in [9.17, 15) is 24.3 Å². The number of carbonyl (C=O) groups is 4. The lowest BCUT2D eigenvalue weighted by atomic mass is 10.0. The average Bonchev–Trinajstić information content (AvgIpc) is 3.50. The highest BCUT2D eigenvalue weighted by Gasteiger charge is 2.54. The van der Waals surface area contributed by atoms with Gasteiger partial charge in [-0.3, -0.25) is 24.7 Å². The van der Waals surface area contributed by atoms with Gasteiger partial charge in [0.25, 0.3) is 11.8 Å². The van der Waals surface area contributed by atoms with Crippen molar-refractivity contribution < 1.29 is 29.0 Å². The fourth-order valence-electron chi connectivity index (χ4n) is 3.52. The molecule has 1 saturated heterocycles. The van der Waals surface area contributed by atoms with Gasteiger partial charge >= 0.3 is 11.9 Å². The monoisotopic (exact) mass is 582 g/mol. The molecule has 0 radical (unpaired) electrons. The molecule has 2 aromatic heterocycles. The lowest BCUT2D eigenvalue weighted by molar-refractivity contribution is -0.150. The first kappa shape index (κ1) is 27.3. The number of carboxylic acids is 1. The molecule has 2 aromatic rings. The fourth-order valence-corrected chi connectivity index (χ4v) is 6.40. The van der Waals surface area contributed by atoms with Crippen molar-refractivity contribution in [3.63, 3.8) is 0 Å². The second-order valence-electron chi connectivity index (χ2n) is 7.66. The standard InChI is InChI=1S/C19H22N10O6S3/c1-3-35-10(30)4-21-24-11(9-7-37-18(20)22-9)14(31)23-12-15(32)29-13(17(33)34)8(5-36-16(12)29)6-38-19-25-26-27-28(19)2/h7,12,16,21H,3-6H2,1-2H3,(H2,20,22)(H,23,31)(H,33,34)/b24-11+/t12-,16-/m1/s1. The number of anilines is 1. The number of nitrogens with two attached hydrogens (primary N) is 1. The number of carboxylic acid groups (broad SMARTS) is 1. The number of esters is 1. The first-order chi connectivity index (χ1) is 18.2. The molecule has 2 aliphatic heterocycles. The number of nitrogen functional groups attached to an aromatic ring is 1. The molecule has 4 rings (SSSR count). The van der Waals surface area contributed by atoms with Crippen molar-refractivity contribution >= 4 is 69.5 Å². The Bertz CT molecular complexity index is 1320. The predicted octanol–water partition coefficient (Wildman–Crippen LogP) is -1.36. The molecule has 0 aromatic carbocycles. The number of hydrogen-bond donors (Lipinski definition) is 4. The van der Waals surface area contributed by atoms with Gasteiger partial charge in [-0.15, -0.1) is 28.2 Å². The van der Waals surface area contributed by atoms with Gasteiger partial charge in [-0.25, -0.2) is 14.5 Å². The largest absolute Gasteiger partial charge is 0.477 e. The Labute approximate surface area is 227 Å². The van der Waals surface area contributed by atoms with Crippen LogP contribution in [-0.2, 0) is 31.0 Å². The minimum absolute atomic E-state index is 0.121. The molecule has 19 heteroatoms. The normalized spacial score (nSPS) is 19.1. The molecular formula is C19H22N10O6S3. The first-order valence-electron chi connectivity index (χ1n) is 10.9. The molecule has 0 unspecified atom stereocenters. The molecule has 4 heterocycles. The van der Waals surface area contributed by atoms with Crippen LogP contribution in [0.3, 0.4) is 0 Å². The van der Waals surface area contributed by atoms with E-state index in [0.717, 1.165) is 11.3 Å². The molecule has 0 aliphatic carbocycles. The maximum absolute atomic E-state index is 13.1. The van der Waals surface area contributed by atoms with Crippen LogP contribution in [0.2, 0.25) is 0 Å². The minimum Gasteiger partial charge on any atom is -0.477 e. The number of thioether (sulfide) groups is 2. The van der Waals surface area contributed by atoms with E-state index in [1.165, 1.54) is 38.5 Å². The van der Waals surface area contributed by atoms with Crippen LogP contribution in [0.1, 0.15) is 12.6 Å². The Morgan fingerprint density at radius 3 is 2.82 bits per heavy atom. The number of tetrazole rings is 1. The lowest BCUT2D eigenvalue weighted by Gasteiger charge is -2.49. The Kier molecular flexibility index (Phi) is 8.47. The molecule has 0 bridgehead atoms. The van der Waals surface area contributed by atoms with Crippen molar-refractivity contribution in [1.29, 1.82) is 0 Å². The summed E-state index contributed by atoms with van der Waals surface area (Å²) >= 11 is 3.66. The number of fused-ring (bicyclic) bond motifs is 1. The van der Waals surface area contributed by atoms with Crippen molar-refractivity contribution in [1.82, 2.24) is 40.8 Å². The lowest BCUT2D eigenvalue weighted by Crippen LogP contribution is -2.71. The molecule has 38 heavy (non-hydrogen) atoms. The number of aliphatic carboxylic acids is 1. The number of nitrogens with zero attached hydrogens (tertiary/aromatic N) is 7. The van der Waals surface area contributed by atoms with E-state index >= 15 is 0 Å². The maximum atomic E-state index is 13.1. The molecule has 16 nitrogen and oxygen atoms in total. The topological polar surface area (TPSA) is 220 Å². The third-order valence-electron chi connectivity index (χ3n) is 5.19. The van der Waals surface area contributed by atoms with Crippen LogP contribution in [0.25, 0.3) is 0 Å². The number of ether oxygens (including phenoxy) is 1. The van der Waals surface area contributed by atoms with Crippen molar-refractivity contribution in [3.8, 4) is 0 Å². The zero-order chi connectivity index (χ0) is 27.4. The number of rotatable bonds is 11. The van der Waals surface area contributed by atoms with Crippen LogP contribution in [0, 0.1) is 0 Å². The number of nitrogens with one attached hydrogen (secondary N) is 2. The number of aromatic nitrogens is 5. The van der Waals surface area contributed by atoms with Gasteiger partial charge in [-0.1, -0.05) is 11.8 Å². The summed E-state index contributed by atoms with van der Waals surface area (Å²) in [4.78, 5) is 55.1. The van der Waals surface area contributed by atoms with Crippen LogP contribution >= 0.6 is 34.9 Å². The highest BCUT2D eigenvalue weighted by molar-refractivity contribution is 8.01. The van der Waals surface area contributed by atoms with Gasteiger partial charge in [0.15, 0.2) is 10.8 Å². The summed E-state index contributed by atoms with van der Waals surface area (Å²) in [7, 11) is 1.66. The quantitative estimate of drug-likeness (QED) is 0.0790. The second kappa shape index (κ2) is 11.8. The summed E-state index contributed by atoms with van der Waals surface area (Å²) in [6.07, 6.45) is 0. The number of hydrogen-bond acceptors (Lipinski definition) is 15. The summed E-state index contributed by atoms with van der Waals surface area (Å²) in [5.41, 5.74) is 8.52. The van der Waals surface area contributed by atoms with Gasteiger partial charge in [0.1, 0.15) is 29.4 Å². The highest BCUT2D eigenvalue weighted by atomic mass is 32.2. The Hall–Kier alpha value is -3.71. The Balaban J connectivity index is 1.47. The van der Waals surface area contributed by atoms with Crippen LogP contribution in [0.4, 0.5) is 5.13 Å². The number of hydrazone groups is 1. The number of thiazole rings is 1. The summed E-state index contributed by atoms with van der Waals surface area (Å²) in [6, 6.07) is -0.995. The first-order valence-corrected chi connectivity index (χ1v) is 13.9. The molecule has 202 valence electrons. The van der Waals surface area contributed by atoms with Crippen LogP contribution < -0.4 is 16.5 Å². The molecule has 2 aliphatic rings. The average molecular weight is 583 g/mol. The van der Waals surface area contributed by atoms with E-state index in [1.54, 1.807) is 14.0 Å². The number of carbonyl (C=O) groups excluding carboxylic acids is 3. The van der Waals surface area contributed by atoms with Crippen LogP contribution in [0.15, 0.2) is 26.9 Å². The van der Waals surface area contributed by atoms with Crippen molar-refractivity contribution in [2.24, 2.45) is 12.1 Å². The highest BCUT2D eigenvalue weighted by Crippen LogP contribution is 2.41. The fraction of sp³-hybridized carbons (Fsp3) is 0.421. The number of aryl methyl sites for hydroxylation is 1. The van der Waals surface area contributed by atoms with Crippen molar-refractivity contribution in [2.45, 2.75) is 23.5 Å². The van der Waals surface area contributed by atoms with Crippen LogP contribution in [-0.4, -0.2) is 101 Å². The minimum atomic E-state index is -1.25. The van der Waals surface area contributed by atoms with E-state index in [0.29, 0.717) is 16.5 Å². The molecule has 2 atom stereocenters. The van der Waals surface area contributed by atoms with Gasteiger partial charge in [0, 0.05) is 23.9 Å². The Morgan fingerprint density at radius 2 is 2.18 bits per heavy atom. The van der Waals surface area contributed by atoms with E-state index in [2.05, 4.69) is 36.4 Å². The van der Waals surface area contributed by atoms with Crippen molar-refractivity contribution in [3.05, 3.63) is 22.3 Å². The molecular weight excluding hydrogens is 560 g/mol. The zero-order valence-electron chi connectivity index (χ0n) is 20.0. The molecule has 2 amide bonds. The number of amides is 2. The van der Waals surface area contributed by atoms with E-state index in [1.807, 2.05) is 0 Å². The van der Waals surface area contributed by atoms with Gasteiger partial charge in [-0.05, 0) is 22.9 Å². The van der Waals surface area contributed by atoms with Gasteiger partial charge < -0.3 is 20.9 Å². The van der Waals surface area contributed by atoms with Gasteiger partial charge in [-0.2, -0.15) is 5.10 Å². The van der Waals surface area contributed by atoms with Crippen molar-refractivity contribution in [2.75, 3.05) is 30.4 Å². The SMILES string of the molecule is CCOC(=O)CN/N=C(/C(=O)N[C@@H]1C(=O)N2C(C(=O)O)=C(CSc3nnnn3C)CS[C@H]12)c1csc(N)n1. The Morgan fingerprint density at radius 1 is 1.39 bits per heavy atom. The van der Waals surface area contributed by atoms with Crippen LogP contribution in [0.5, 0.6) is 0 Å². The molecule has 0 saturated carbocycles. The van der Waals surface area contributed by atoms with Gasteiger partial charge in [0.2, 0.25) is 5.16 Å². The molecule has 0 spiro atoms. The summed E-state index contributed by atoms with van der Waals surface area (Å²) in [5.74, 6) is -2.55. The molecule has 1 fully saturated rings. The smallest absolute Gasteiger partial charge is 0.352 e. The zero-order valence-corrected chi connectivity index (χ0v) is 22.4. The second-order valence-corrected chi connectivity index (χ2v) is 10.6. The van der Waals surface area contributed by atoms with Gasteiger partial charge in [0.05, 0.1) is 6.61 Å². The predicted molar refractivity (Wildman–Crippen MR) is 137 cm³/mol. The summed E-state index contributed by atoms with van der Waals surface area (Å²) in [5, 5.41) is 29.2. The summed E-state index contributed by atoms with van der Waals surface area (Å²) < 4.78 is 6.28. The van der Waals surface area contributed by atoms with E-state index in [-0.39, 0.29) is 41.1 Å². The maximum Gasteiger partial charge on any atom is 0.352 e. The summed E-state index contributed by atoms with van der Waals surface area (Å²) in [6.45, 7) is 1.55. The third kappa shape index (κ3) is 5.73. The van der Waals surface area contributed by atoms with E-state index in [4.69, 9.17) is 10.5 Å². The third-order valence-corrected chi connectivity index (χ3v) is 8.30. The number of β-lactam (4-membered cyclic amide) rings is 1. The van der Waals surface area contributed by atoms with E-state index < -0.39 is 35.2 Å². The molecule has 5 N–H and O–H groups in total.